The van der Waals surface area contributed by atoms with Crippen molar-refractivity contribution < 1.29 is 19.0 Å². The molecule has 0 radical (unpaired) electrons. The number of pyridine rings is 1. The number of nitrogens with two attached hydrogens (primary N) is 1. The molecule has 0 saturated carbocycles. The Balaban J connectivity index is 1.35. The van der Waals surface area contributed by atoms with Crippen LogP contribution >= 0.6 is 0 Å². The predicted octanol–water partition coefficient (Wildman–Crippen LogP) is 2.62. The summed E-state index contributed by atoms with van der Waals surface area (Å²) in [6, 6.07) is 7.61. The Morgan fingerprint density at radius 2 is 2.09 bits per heavy atom. The molecule has 10 nitrogen and oxygen atoms in total. The Morgan fingerprint density at radius 1 is 1.24 bits per heavy atom. The Labute approximate surface area is 197 Å². The lowest BCUT2D eigenvalue weighted by atomic mass is 10.1. The summed E-state index contributed by atoms with van der Waals surface area (Å²) in [6.45, 7) is 4.32. The number of benzene rings is 1. The van der Waals surface area contributed by atoms with E-state index >= 15 is 0 Å². The fourth-order valence-corrected chi connectivity index (χ4v) is 4.46. The van der Waals surface area contributed by atoms with Crippen molar-refractivity contribution in [2.24, 2.45) is 7.05 Å². The van der Waals surface area contributed by atoms with E-state index < -0.39 is 5.60 Å². The smallest absolute Gasteiger partial charge is 0.274 e. The third kappa shape index (κ3) is 4.07. The molecule has 1 atom stereocenters. The number of rotatable bonds is 5. The van der Waals surface area contributed by atoms with Crippen LogP contribution in [0.3, 0.4) is 0 Å². The number of amides is 1. The van der Waals surface area contributed by atoms with Crippen molar-refractivity contribution in [2.75, 3.05) is 44.0 Å². The van der Waals surface area contributed by atoms with E-state index in [0.29, 0.717) is 49.3 Å². The molecule has 0 aliphatic carbocycles. The number of nitrogen functional groups attached to an aromatic ring is 1. The van der Waals surface area contributed by atoms with E-state index in [-0.39, 0.29) is 5.91 Å². The van der Waals surface area contributed by atoms with Crippen LogP contribution in [0.1, 0.15) is 23.8 Å². The van der Waals surface area contributed by atoms with Gasteiger partial charge in [0.25, 0.3) is 5.91 Å². The van der Waals surface area contributed by atoms with Gasteiger partial charge in [0.1, 0.15) is 29.4 Å². The number of likely N-dealkylation sites (tertiary alicyclic amines) is 1. The van der Waals surface area contributed by atoms with E-state index in [1.807, 2.05) is 38.2 Å². The van der Waals surface area contributed by atoms with E-state index in [1.54, 1.807) is 35.3 Å². The summed E-state index contributed by atoms with van der Waals surface area (Å²) in [4.78, 5) is 25.2. The van der Waals surface area contributed by atoms with Crippen LogP contribution in [0.5, 0.6) is 17.4 Å². The lowest BCUT2D eigenvalue weighted by Gasteiger charge is -2.32. The van der Waals surface area contributed by atoms with E-state index in [1.165, 1.54) is 0 Å². The maximum absolute atomic E-state index is 12.8. The van der Waals surface area contributed by atoms with Crippen molar-refractivity contribution in [2.45, 2.75) is 18.9 Å². The minimum atomic E-state index is -0.509. The van der Waals surface area contributed by atoms with Crippen molar-refractivity contribution in [3.05, 3.63) is 48.7 Å². The molecular weight excluding hydrogens is 436 g/mol. The summed E-state index contributed by atoms with van der Waals surface area (Å²) in [6.07, 6.45) is 5.82. The van der Waals surface area contributed by atoms with Crippen LogP contribution in [0.25, 0.3) is 0 Å². The van der Waals surface area contributed by atoms with Gasteiger partial charge in [0.15, 0.2) is 0 Å². The summed E-state index contributed by atoms with van der Waals surface area (Å²) < 4.78 is 19.3. The first-order valence-corrected chi connectivity index (χ1v) is 11.2. The highest BCUT2D eigenvalue weighted by molar-refractivity contribution is 5.92. The van der Waals surface area contributed by atoms with Crippen molar-refractivity contribution >= 4 is 23.0 Å². The Kier molecular flexibility index (Phi) is 5.43. The third-order valence-electron chi connectivity index (χ3n) is 6.17. The van der Waals surface area contributed by atoms with Crippen LogP contribution in [0.2, 0.25) is 0 Å². The third-order valence-corrected chi connectivity index (χ3v) is 6.17. The van der Waals surface area contributed by atoms with Gasteiger partial charge >= 0.3 is 0 Å². The molecule has 10 heteroatoms. The number of methoxy groups -OCH3 is 1. The topological polar surface area (TPSA) is 108 Å². The summed E-state index contributed by atoms with van der Waals surface area (Å²) >= 11 is 0. The highest BCUT2D eigenvalue weighted by atomic mass is 16.5. The number of anilines is 3. The van der Waals surface area contributed by atoms with Gasteiger partial charge in [-0.3, -0.25) is 4.79 Å². The zero-order valence-corrected chi connectivity index (χ0v) is 19.5. The van der Waals surface area contributed by atoms with Crippen LogP contribution in [-0.4, -0.2) is 64.3 Å². The molecule has 4 heterocycles. The molecule has 3 aromatic rings. The molecule has 2 aliphatic heterocycles. The molecular formula is C24H28N6O4. The lowest BCUT2D eigenvalue weighted by Crippen LogP contribution is -2.38. The van der Waals surface area contributed by atoms with E-state index in [4.69, 9.17) is 19.9 Å². The number of aryl methyl sites for hydroxylation is 1. The van der Waals surface area contributed by atoms with Gasteiger partial charge in [-0.05, 0) is 25.1 Å². The Hall–Kier alpha value is -3.95. The van der Waals surface area contributed by atoms with Crippen LogP contribution in [0.4, 0.5) is 17.1 Å². The molecule has 1 saturated heterocycles. The van der Waals surface area contributed by atoms with Crippen LogP contribution in [-0.2, 0) is 7.05 Å². The number of imidazole rings is 1. The van der Waals surface area contributed by atoms with Gasteiger partial charge in [-0.2, -0.15) is 0 Å². The summed E-state index contributed by atoms with van der Waals surface area (Å²) in [7, 11) is 3.39. The monoisotopic (exact) mass is 464 g/mol. The average Bonchev–Trinajstić information content (AvgIpc) is 3.44. The average molecular weight is 465 g/mol. The standard InChI is InChI=1S/C24H28N6O4/c1-24(6-7-29(14-24)23(31)19-13-28(2)15-27-19)34-17-4-5-21-20(11-17)30(8-9-33-21)16-10-18(25)22(32-3)26-12-16/h4-5,10-13,15H,6-9,14,25H2,1-3H3/t24-/m1/s1. The highest BCUT2D eigenvalue weighted by Gasteiger charge is 2.39. The molecule has 2 aliphatic rings. The first-order chi connectivity index (χ1) is 16.3. The second-order valence-electron chi connectivity index (χ2n) is 8.87. The number of nitrogens with zero attached hydrogens (tertiary/aromatic N) is 5. The van der Waals surface area contributed by atoms with Gasteiger partial charge in [-0.25, -0.2) is 9.97 Å². The molecule has 0 bridgehead atoms. The number of ether oxygens (including phenoxy) is 3. The van der Waals surface area contributed by atoms with E-state index in [2.05, 4.69) is 14.9 Å². The second kappa shape index (κ2) is 8.44. The minimum Gasteiger partial charge on any atom is -0.490 e. The number of aromatic nitrogens is 3. The lowest BCUT2D eigenvalue weighted by molar-refractivity contribution is 0.0677. The first kappa shape index (κ1) is 21.9. The van der Waals surface area contributed by atoms with E-state index in [0.717, 1.165) is 23.5 Å². The molecule has 0 unspecified atom stereocenters. The van der Waals surface area contributed by atoms with Gasteiger partial charge in [-0.15, -0.1) is 0 Å². The van der Waals surface area contributed by atoms with Crippen molar-refractivity contribution in [1.82, 2.24) is 19.4 Å². The van der Waals surface area contributed by atoms with E-state index in [9.17, 15) is 4.79 Å². The summed E-state index contributed by atoms with van der Waals surface area (Å²) in [5.41, 5.74) is 8.21. The molecule has 0 spiro atoms. The Morgan fingerprint density at radius 3 is 2.82 bits per heavy atom. The van der Waals surface area contributed by atoms with Gasteiger partial charge in [0.05, 0.1) is 49.8 Å². The number of carbonyl (C=O) groups is 1. The fraction of sp³-hybridized carbons (Fsp3) is 0.375. The number of fused-ring (bicyclic) bond motifs is 1. The van der Waals surface area contributed by atoms with Crippen LogP contribution < -0.4 is 24.8 Å². The SMILES string of the molecule is COc1ncc(N2CCOc3ccc(O[C@]4(C)CCN(C(=O)c5cn(C)cn5)C4)cc32)cc1N. The molecule has 1 amide bonds. The normalized spacial score (nSPS) is 19.5. The molecule has 5 rings (SSSR count). The number of hydrogen-bond donors (Lipinski definition) is 1. The maximum atomic E-state index is 12.8. The minimum absolute atomic E-state index is 0.0810. The molecule has 178 valence electrons. The highest BCUT2D eigenvalue weighted by Crippen LogP contribution is 2.41. The van der Waals surface area contributed by atoms with Gasteiger partial charge in [0, 0.05) is 32.3 Å². The number of carbonyl (C=O) groups excluding carboxylic acids is 1. The van der Waals surface area contributed by atoms with Gasteiger partial charge in [0.2, 0.25) is 5.88 Å². The van der Waals surface area contributed by atoms with Crippen LogP contribution in [0.15, 0.2) is 43.0 Å². The number of hydrogen-bond acceptors (Lipinski definition) is 8. The zero-order valence-electron chi connectivity index (χ0n) is 19.5. The largest absolute Gasteiger partial charge is 0.490 e. The zero-order chi connectivity index (χ0) is 23.9. The molecule has 1 aromatic carbocycles. The van der Waals surface area contributed by atoms with Crippen molar-refractivity contribution in [1.29, 1.82) is 0 Å². The van der Waals surface area contributed by atoms with Crippen molar-refractivity contribution in [3.63, 3.8) is 0 Å². The molecule has 34 heavy (non-hydrogen) atoms. The van der Waals surface area contributed by atoms with Gasteiger partial charge in [-0.1, -0.05) is 0 Å². The fourth-order valence-electron chi connectivity index (χ4n) is 4.46. The van der Waals surface area contributed by atoms with Crippen LogP contribution in [0, 0.1) is 0 Å². The quantitative estimate of drug-likeness (QED) is 0.614. The maximum Gasteiger partial charge on any atom is 0.274 e. The first-order valence-electron chi connectivity index (χ1n) is 11.2. The summed E-state index contributed by atoms with van der Waals surface area (Å²) in [5.74, 6) is 1.78. The van der Waals surface area contributed by atoms with Crippen molar-refractivity contribution in [3.8, 4) is 17.4 Å². The second-order valence-corrected chi connectivity index (χ2v) is 8.87. The molecule has 1 fully saturated rings. The predicted molar refractivity (Wildman–Crippen MR) is 127 cm³/mol. The summed E-state index contributed by atoms with van der Waals surface area (Å²) in [5, 5.41) is 0. The Bertz CT molecular complexity index is 1230. The molecule has 2 aromatic heterocycles. The molecule has 2 N–H and O–H groups in total. The van der Waals surface area contributed by atoms with Gasteiger partial charge < -0.3 is 34.3 Å².